The lowest BCUT2D eigenvalue weighted by atomic mass is 10.2. The SMILES string of the molecule is CC(C)Cn1nnc(CO)c1C1CC1. The van der Waals surface area contributed by atoms with E-state index in [0.29, 0.717) is 11.8 Å². The van der Waals surface area contributed by atoms with Gasteiger partial charge in [0.15, 0.2) is 0 Å². The lowest BCUT2D eigenvalue weighted by Crippen LogP contribution is -2.10. The van der Waals surface area contributed by atoms with Gasteiger partial charge in [-0.15, -0.1) is 5.10 Å². The summed E-state index contributed by atoms with van der Waals surface area (Å²) in [6.45, 7) is 5.25. The number of aliphatic hydroxyl groups excluding tert-OH is 1. The number of rotatable bonds is 4. The molecular formula is C10H17N3O. The topological polar surface area (TPSA) is 50.9 Å². The van der Waals surface area contributed by atoms with Crippen molar-refractivity contribution < 1.29 is 5.11 Å². The van der Waals surface area contributed by atoms with Gasteiger partial charge >= 0.3 is 0 Å². The third-order valence-corrected chi connectivity index (χ3v) is 2.50. The van der Waals surface area contributed by atoms with Crippen LogP contribution < -0.4 is 0 Å². The van der Waals surface area contributed by atoms with Crippen LogP contribution in [0.5, 0.6) is 0 Å². The van der Waals surface area contributed by atoms with E-state index in [1.807, 2.05) is 4.68 Å². The Bertz CT molecular complexity index is 315. The van der Waals surface area contributed by atoms with E-state index in [0.717, 1.165) is 12.2 Å². The fourth-order valence-electron chi connectivity index (χ4n) is 1.75. The van der Waals surface area contributed by atoms with Gasteiger partial charge in [-0.2, -0.15) is 0 Å². The molecule has 14 heavy (non-hydrogen) atoms. The Labute approximate surface area is 83.9 Å². The average molecular weight is 195 g/mol. The molecule has 0 unspecified atom stereocenters. The zero-order valence-electron chi connectivity index (χ0n) is 8.77. The summed E-state index contributed by atoms with van der Waals surface area (Å²) in [5, 5.41) is 17.2. The molecule has 0 atom stereocenters. The predicted octanol–water partition coefficient (Wildman–Crippen LogP) is 1.30. The summed E-state index contributed by atoms with van der Waals surface area (Å²) in [6, 6.07) is 0. The highest BCUT2D eigenvalue weighted by atomic mass is 16.3. The van der Waals surface area contributed by atoms with Gasteiger partial charge in [0.25, 0.3) is 0 Å². The molecule has 4 heteroatoms. The molecule has 1 aromatic heterocycles. The van der Waals surface area contributed by atoms with Crippen LogP contribution in [0.3, 0.4) is 0 Å². The molecule has 0 saturated heterocycles. The normalized spacial score (nSPS) is 16.6. The maximum Gasteiger partial charge on any atom is 0.112 e. The Morgan fingerprint density at radius 3 is 2.71 bits per heavy atom. The largest absolute Gasteiger partial charge is 0.390 e. The van der Waals surface area contributed by atoms with Gasteiger partial charge in [0.05, 0.1) is 12.3 Å². The van der Waals surface area contributed by atoms with Crippen molar-refractivity contribution in [3.05, 3.63) is 11.4 Å². The Morgan fingerprint density at radius 2 is 2.21 bits per heavy atom. The van der Waals surface area contributed by atoms with Gasteiger partial charge < -0.3 is 5.11 Å². The first-order valence-electron chi connectivity index (χ1n) is 5.25. The Hall–Kier alpha value is -0.900. The number of aliphatic hydroxyl groups is 1. The molecule has 0 radical (unpaired) electrons. The Balaban J connectivity index is 2.25. The van der Waals surface area contributed by atoms with Crippen LogP contribution in [0.4, 0.5) is 0 Å². The Morgan fingerprint density at radius 1 is 1.50 bits per heavy atom. The third kappa shape index (κ3) is 1.80. The highest BCUT2D eigenvalue weighted by molar-refractivity contribution is 5.19. The zero-order chi connectivity index (χ0) is 10.1. The van der Waals surface area contributed by atoms with E-state index in [1.165, 1.54) is 18.5 Å². The highest BCUT2D eigenvalue weighted by Gasteiger charge is 2.30. The minimum Gasteiger partial charge on any atom is -0.390 e. The fraction of sp³-hybridized carbons (Fsp3) is 0.800. The summed E-state index contributed by atoms with van der Waals surface area (Å²) >= 11 is 0. The minimum absolute atomic E-state index is 0.0178. The minimum atomic E-state index is 0.0178. The van der Waals surface area contributed by atoms with Crippen molar-refractivity contribution in [1.29, 1.82) is 0 Å². The number of nitrogens with zero attached hydrogens (tertiary/aromatic N) is 3. The lowest BCUT2D eigenvalue weighted by Gasteiger charge is -2.08. The standard InChI is InChI=1S/C10H17N3O/c1-7(2)5-13-10(8-3-4-8)9(6-14)11-12-13/h7-8,14H,3-6H2,1-2H3. The molecule has 4 nitrogen and oxygen atoms in total. The Kier molecular flexibility index (Phi) is 2.54. The summed E-state index contributed by atoms with van der Waals surface area (Å²) in [5.41, 5.74) is 1.94. The van der Waals surface area contributed by atoms with Gasteiger partial charge in [0.1, 0.15) is 5.69 Å². The van der Waals surface area contributed by atoms with Crippen LogP contribution in [0.15, 0.2) is 0 Å². The van der Waals surface area contributed by atoms with Gasteiger partial charge in [-0.1, -0.05) is 19.1 Å². The van der Waals surface area contributed by atoms with Crippen molar-refractivity contribution in [2.45, 2.75) is 45.8 Å². The van der Waals surface area contributed by atoms with Crippen LogP contribution in [0.2, 0.25) is 0 Å². The van der Waals surface area contributed by atoms with E-state index in [9.17, 15) is 0 Å². The van der Waals surface area contributed by atoms with Crippen molar-refractivity contribution in [3.63, 3.8) is 0 Å². The van der Waals surface area contributed by atoms with Crippen LogP contribution in [-0.4, -0.2) is 20.1 Å². The molecule has 1 fully saturated rings. The second kappa shape index (κ2) is 3.69. The maximum absolute atomic E-state index is 9.13. The van der Waals surface area contributed by atoms with Gasteiger partial charge in [0, 0.05) is 12.5 Å². The molecule has 2 rings (SSSR count). The zero-order valence-corrected chi connectivity index (χ0v) is 8.77. The molecule has 78 valence electrons. The lowest BCUT2D eigenvalue weighted by molar-refractivity contribution is 0.275. The fourth-order valence-corrected chi connectivity index (χ4v) is 1.75. The van der Waals surface area contributed by atoms with Crippen molar-refractivity contribution in [1.82, 2.24) is 15.0 Å². The number of hydrogen-bond donors (Lipinski definition) is 1. The van der Waals surface area contributed by atoms with Crippen LogP contribution in [-0.2, 0) is 13.2 Å². The van der Waals surface area contributed by atoms with E-state index >= 15 is 0 Å². The second-order valence-corrected chi connectivity index (χ2v) is 4.43. The summed E-state index contributed by atoms with van der Waals surface area (Å²) in [5.74, 6) is 1.17. The molecular weight excluding hydrogens is 178 g/mol. The smallest absolute Gasteiger partial charge is 0.112 e. The predicted molar refractivity (Wildman–Crippen MR) is 52.8 cm³/mol. The summed E-state index contributed by atoms with van der Waals surface area (Å²) < 4.78 is 1.97. The van der Waals surface area contributed by atoms with Crippen molar-refractivity contribution in [2.75, 3.05) is 0 Å². The van der Waals surface area contributed by atoms with Gasteiger partial charge in [-0.05, 0) is 18.8 Å². The van der Waals surface area contributed by atoms with Crippen LogP contribution in [0.1, 0.15) is 44.0 Å². The molecule has 0 aromatic carbocycles. The van der Waals surface area contributed by atoms with E-state index in [2.05, 4.69) is 24.2 Å². The quantitative estimate of drug-likeness (QED) is 0.788. The van der Waals surface area contributed by atoms with Crippen LogP contribution >= 0.6 is 0 Å². The molecule has 0 spiro atoms. The van der Waals surface area contributed by atoms with E-state index in [-0.39, 0.29) is 6.61 Å². The highest BCUT2D eigenvalue weighted by Crippen LogP contribution is 2.41. The van der Waals surface area contributed by atoms with Crippen LogP contribution in [0.25, 0.3) is 0 Å². The first-order valence-corrected chi connectivity index (χ1v) is 5.25. The first-order chi connectivity index (χ1) is 6.72. The van der Waals surface area contributed by atoms with E-state index < -0.39 is 0 Å². The third-order valence-electron chi connectivity index (χ3n) is 2.50. The molecule has 0 bridgehead atoms. The molecule has 1 heterocycles. The first kappa shape index (κ1) is 9.65. The molecule has 0 aliphatic heterocycles. The molecule has 0 amide bonds. The molecule has 1 aromatic rings. The van der Waals surface area contributed by atoms with Crippen molar-refractivity contribution in [3.8, 4) is 0 Å². The van der Waals surface area contributed by atoms with E-state index in [1.54, 1.807) is 0 Å². The maximum atomic E-state index is 9.13. The molecule has 1 aliphatic carbocycles. The van der Waals surface area contributed by atoms with Gasteiger partial charge in [0.2, 0.25) is 0 Å². The summed E-state index contributed by atoms with van der Waals surface area (Å²) in [6.07, 6.45) is 2.44. The van der Waals surface area contributed by atoms with Gasteiger partial charge in [-0.25, -0.2) is 4.68 Å². The molecule has 1 aliphatic rings. The number of hydrogen-bond acceptors (Lipinski definition) is 3. The number of aromatic nitrogens is 3. The summed E-state index contributed by atoms with van der Waals surface area (Å²) in [7, 11) is 0. The molecule has 1 N–H and O–H groups in total. The van der Waals surface area contributed by atoms with Crippen molar-refractivity contribution in [2.24, 2.45) is 5.92 Å². The van der Waals surface area contributed by atoms with E-state index in [4.69, 9.17) is 5.11 Å². The second-order valence-electron chi connectivity index (χ2n) is 4.43. The summed E-state index contributed by atoms with van der Waals surface area (Å²) in [4.78, 5) is 0. The van der Waals surface area contributed by atoms with Crippen LogP contribution in [0, 0.1) is 5.92 Å². The monoisotopic (exact) mass is 195 g/mol. The molecule has 1 saturated carbocycles. The van der Waals surface area contributed by atoms with Crippen molar-refractivity contribution >= 4 is 0 Å². The van der Waals surface area contributed by atoms with Gasteiger partial charge in [-0.3, -0.25) is 0 Å². The average Bonchev–Trinajstić information content (AvgIpc) is 2.88.